The van der Waals surface area contributed by atoms with Crippen LogP contribution in [0.2, 0.25) is 0 Å². The monoisotopic (exact) mass is 415 g/mol. The number of carbonyl (C=O) groups excluding carboxylic acids is 2. The average Bonchev–Trinajstić information content (AvgIpc) is 3.13. The van der Waals surface area contributed by atoms with Crippen molar-refractivity contribution in [3.63, 3.8) is 0 Å². The van der Waals surface area contributed by atoms with Gasteiger partial charge >= 0.3 is 5.97 Å². The summed E-state index contributed by atoms with van der Waals surface area (Å²) in [6.07, 6.45) is 8.65. The molecule has 5 nitrogen and oxygen atoms in total. The summed E-state index contributed by atoms with van der Waals surface area (Å²) < 4.78 is 10.9. The number of carbonyl (C=O) groups is 2. The smallest absolute Gasteiger partial charge is 0.311 e. The quantitative estimate of drug-likeness (QED) is 0.477. The van der Waals surface area contributed by atoms with E-state index in [0.29, 0.717) is 18.4 Å². The van der Waals surface area contributed by atoms with Crippen molar-refractivity contribution in [3.8, 4) is 0 Å². The van der Waals surface area contributed by atoms with Crippen LogP contribution in [-0.4, -0.2) is 30.9 Å². The molecule has 4 unspecified atom stereocenters. The Hall–Kier alpha value is -2.04. The molecule has 0 spiro atoms. The number of fused-ring (bicyclic) bond motifs is 1. The SMILES string of the molecule is C=C1CCC2C(C)(C(=O)OC)CCCC2(C)C1CCc1ccoc1CN(C)C(C)=O. The zero-order chi connectivity index (χ0) is 22.1. The summed E-state index contributed by atoms with van der Waals surface area (Å²) in [5.74, 6) is 1.51. The number of esters is 1. The molecular weight excluding hydrogens is 378 g/mol. The number of aryl methyl sites for hydroxylation is 1. The first-order valence-electron chi connectivity index (χ1n) is 11.2. The third-order valence-corrected chi connectivity index (χ3v) is 8.13. The van der Waals surface area contributed by atoms with E-state index >= 15 is 0 Å². The molecule has 1 aromatic heterocycles. The molecule has 0 aliphatic heterocycles. The zero-order valence-corrected chi connectivity index (χ0v) is 19.3. The second-order valence-electron chi connectivity index (χ2n) is 9.85. The standard InChI is InChI=1S/C25H37NO4/c1-17-8-11-22-24(3,13-7-14-25(22,4)23(28)29-6)20(17)10-9-19-12-15-30-21(19)16-26(5)18(2)27/h12,15,20,22H,1,7-11,13-14,16H2,2-6H3. The van der Waals surface area contributed by atoms with Crippen LogP contribution in [0.3, 0.4) is 0 Å². The van der Waals surface area contributed by atoms with Crippen LogP contribution < -0.4 is 0 Å². The van der Waals surface area contributed by atoms with Gasteiger partial charge in [-0.15, -0.1) is 0 Å². The van der Waals surface area contributed by atoms with E-state index in [0.717, 1.165) is 56.3 Å². The van der Waals surface area contributed by atoms with E-state index in [9.17, 15) is 9.59 Å². The molecule has 2 saturated carbocycles. The molecule has 0 bridgehead atoms. The Morgan fingerprint density at radius 1 is 1.33 bits per heavy atom. The van der Waals surface area contributed by atoms with Gasteiger partial charge in [-0.2, -0.15) is 0 Å². The molecule has 3 rings (SSSR count). The number of hydrogen-bond acceptors (Lipinski definition) is 4. The van der Waals surface area contributed by atoms with Gasteiger partial charge in [-0.1, -0.05) is 25.5 Å². The number of hydrogen-bond donors (Lipinski definition) is 0. The molecule has 5 heteroatoms. The highest BCUT2D eigenvalue weighted by Gasteiger charge is 2.57. The molecule has 0 N–H and O–H groups in total. The first-order chi connectivity index (χ1) is 14.1. The molecule has 30 heavy (non-hydrogen) atoms. The van der Waals surface area contributed by atoms with Crippen LogP contribution in [0.5, 0.6) is 0 Å². The third-order valence-electron chi connectivity index (χ3n) is 8.13. The van der Waals surface area contributed by atoms with Crippen LogP contribution in [-0.2, 0) is 27.3 Å². The molecule has 0 aromatic carbocycles. The topological polar surface area (TPSA) is 59.8 Å². The summed E-state index contributed by atoms with van der Waals surface area (Å²) in [6, 6.07) is 2.02. The van der Waals surface area contributed by atoms with E-state index in [1.807, 2.05) is 6.07 Å². The molecular formula is C25H37NO4. The van der Waals surface area contributed by atoms with Crippen LogP contribution >= 0.6 is 0 Å². The minimum absolute atomic E-state index is 0.0256. The second kappa shape index (κ2) is 8.60. The van der Waals surface area contributed by atoms with Gasteiger partial charge in [-0.05, 0) is 74.3 Å². The number of nitrogens with zero attached hydrogens (tertiary/aromatic N) is 1. The van der Waals surface area contributed by atoms with Crippen molar-refractivity contribution < 1.29 is 18.7 Å². The molecule has 2 aliphatic rings. The van der Waals surface area contributed by atoms with Crippen molar-refractivity contribution >= 4 is 11.9 Å². The molecule has 2 fully saturated rings. The van der Waals surface area contributed by atoms with Crippen molar-refractivity contribution in [2.45, 2.75) is 72.3 Å². The Labute approximate surface area is 180 Å². The third kappa shape index (κ3) is 3.95. The first kappa shape index (κ1) is 22.6. The van der Waals surface area contributed by atoms with Gasteiger partial charge in [0.15, 0.2) is 0 Å². The van der Waals surface area contributed by atoms with Gasteiger partial charge in [0.25, 0.3) is 0 Å². The zero-order valence-electron chi connectivity index (χ0n) is 19.3. The van der Waals surface area contributed by atoms with Crippen molar-refractivity contribution in [2.75, 3.05) is 14.2 Å². The van der Waals surface area contributed by atoms with Gasteiger partial charge in [0, 0.05) is 14.0 Å². The predicted molar refractivity (Wildman–Crippen MR) is 117 cm³/mol. The fourth-order valence-electron chi connectivity index (χ4n) is 6.31. The lowest BCUT2D eigenvalue weighted by molar-refractivity contribution is -0.168. The van der Waals surface area contributed by atoms with E-state index in [-0.39, 0.29) is 17.3 Å². The van der Waals surface area contributed by atoms with E-state index in [2.05, 4.69) is 20.4 Å². The normalized spacial score (nSPS) is 31.2. The van der Waals surface area contributed by atoms with E-state index < -0.39 is 5.41 Å². The van der Waals surface area contributed by atoms with Crippen molar-refractivity contribution in [2.24, 2.45) is 22.7 Å². The lowest BCUT2D eigenvalue weighted by Gasteiger charge is -2.57. The van der Waals surface area contributed by atoms with Crippen LogP contribution in [0.15, 0.2) is 28.9 Å². The van der Waals surface area contributed by atoms with Gasteiger partial charge in [0.1, 0.15) is 5.76 Å². The Morgan fingerprint density at radius 2 is 2.07 bits per heavy atom. The van der Waals surface area contributed by atoms with Gasteiger partial charge in [0.05, 0.1) is 25.3 Å². The maximum Gasteiger partial charge on any atom is 0.311 e. The molecule has 1 heterocycles. The summed E-state index contributed by atoms with van der Waals surface area (Å²) >= 11 is 0. The average molecular weight is 416 g/mol. The Balaban J connectivity index is 1.79. The summed E-state index contributed by atoms with van der Waals surface area (Å²) in [5, 5.41) is 0. The summed E-state index contributed by atoms with van der Waals surface area (Å²) in [5.41, 5.74) is 2.12. The van der Waals surface area contributed by atoms with E-state index in [1.54, 1.807) is 25.1 Å². The number of allylic oxidation sites excluding steroid dienone is 1. The van der Waals surface area contributed by atoms with Gasteiger partial charge in [-0.25, -0.2) is 0 Å². The predicted octanol–water partition coefficient (Wildman–Crippen LogP) is 5.14. The van der Waals surface area contributed by atoms with Crippen LogP contribution in [0, 0.1) is 22.7 Å². The van der Waals surface area contributed by atoms with E-state index in [1.165, 1.54) is 12.7 Å². The Morgan fingerprint density at radius 3 is 2.73 bits per heavy atom. The van der Waals surface area contributed by atoms with E-state index in [4.69, 9.17) is 9.15 Å². The van der Waals surface area contributed by atoms with Crippen molar-refractivity contribution in [1.82, 2.24) is 4.90 Å². The molecule has 1 amide bonds. The highest BCUT2D eigenvalue weighted by molar-refractivity contribution is 5.77. The second-order valence-corrected chi connectivity index (χ2v) is 9.85. The minimum atomic E-state index is -0.411. The summed E-state index contributed by atoms with van der Waals surface area (Å²) in [7, 11) is 3.30. The fourth-order valence-corrected chi connectivity index (χ4v) is 6.31. The molecule has 1 aromatic rings. The Kier molecular flexibility index (Phi) is 6.49. The highest BCUT2D eigenvalue weighted by atomic mass is 16.5. The maximum absolute atomic E-state index is 12.7. The van der Waals surface area contributed by atoms with Gasteiger partial charge in [-0.3, -0.25) is 9.59 Å². The fraction of sp³-hybridized carbons (Fsp3) is 0.680. The number of furan rings is 1. The lowest BCUT2D eigenvalue weighted by atomic mass is 9.46. The van der Waals surface area contributed by atoms with Crippen molar-refractivity contribution in [3.05, 3.63) is 35.8 Å². The first-order valence-corrected chi connectivity index (χ1v) is 11.2. The number of methoxy groups -OCH3 is 1. The Bertz CT molecular complexity index is 812. The van der Waals surface area contributed by atoms with Gasteiger partial charge < -0.3 is 14.1 Å². The molecule has 2 aliphatic carbocycles. The minimum Gasteiger partial charge on any atom is -0.469 e. The van der Waals surface area contributed by atoms with Gasteiger partial charge in [0.2, 0.25) is 5.91 Å². The van der Waals surface area contributed by atoms with Crippen LogP contribution in [0.4, 0.5) is 0 Å². The van der Waals surface area contributed by atoms with Crippen molar-refractivity contribution in [1.29, 1.82) is 0 Å². The number of amides is 1. The maximum atomic E-state index is 12.7. The number of ether oxygens (including phenoxy) is 1. The summed E-state index contributed by atoms with van der Waals surface area (Å²) in [4.78, 5) is 26.0. The molecule has 0 saturated heterocycles. The number of rotatable bonds is 6. The molecule has 0 radical (unpaired) electrons. The molecule has 166 valence electrons. The molecule has 4 atom stereocenters. The lowest BCUT2D eigenvalue weighted by Crippen LogP contribution is -2.53. The van der Waals surface area contributed by atoms with Crippen LogP contribution in [0.25, 0.3) is 0 Å². The largest absolute Gasteiger partial charge is 0.469 e. The highest BCUT2D eigenvalue weighted by Crippen LogP contribution is 2.62. The van der Waals surface area contributed by atoms with Crippen LogP contribution in [0.1, 0.15) is 70.6 Å². The summed E-state index contributed by atoms with van der Waals surface area (Å²) in [6.45, 7) is 11.0.